The molecule has 0 aliphatic heterocycles. The number of hydrogen-bond acceptors (Lipinski definition) is 4. The highest BCUT2D eigenvalue weighted by Gasteiger charge is 2.07. The Morgan fingerprint density at radius 1 is 1.50 bits per heavy atom. The Bertz CT molecular complexity index is 718. The van der Waals surface area contributed by atoms with Crippen LogP contribution in [0.25, 0.3) is 17.0 Å². The maximum Gasteiger partial charge on any atom is 0.347 e. The smallest absolute Gasteiger partial charge is 0.347 e. The summed E-state index contributed by atoms with van der Waals surface area (Å²) in [7, 11) is 0. The largest absolute Gasteiger partial charge is 0.478 e. The number of fused-ring (bicyclic) bond motifs is 1. The second-order valence-corrected chi connectivity index (χ2v) is 4.07. The molecule has 0 aliphatic carbocycles. The third-order valence-electron chi connectivity index (χ3n) is 2.28. The molecule has 0 bridgehead atoms. The quantitative estimate of drug-likeness (QED) is 0.843. The fourth-order valence-corrected chi connectivity index (χ4v) is 1.54. The van der Waals surface area contributed by atoms with Crippen LogP contribution in [-0.4, -0.2) is 16.1 Å². The van der Waals surface area contributed by atoms with E-state index in [0.29, 0.717) is 10.5 Å². The maximum absolute atomic E-state index is 11.7. The molecule has 1 N–H and O–H groups in total. The van der Waals surface area contributed by atoms with Crippen LogP contribution in [0.1, 0.15) is 12.8 Å². The van der Waals surface area contributed by atoms with Crippen molar-refractivity contribution in [2.45, 2.75) is 6.92 Å². The average molecular weight is 266 g/mol. The Morgan fingerprint density at radius 3 is 2.89 bits per heavy atom. The van der Waals surface area contributed by atoms with Gasteiger partial charge in [0, 0.05) is 16.7 Å². The summed E-state index contributed by atoms with van der Waals surface area (Å²) in [6, 6.07) is 4.61. The van der Waals surface area contributed by atoms with Crippen LogP contribution in [0.2, 0.25) is 5.02 Å². The summed E-state index contributed by atoms with van der Waals surface area (Å²) in [5.41, 5.74) is -0.175. The summed E-state index contributed by atoms with van der Waals surface area (Å²) in [5, 5.41) is 9.39. The highest BCUT2D eigenvalue weighted by molar-refractivity contribution is 6.31. The summed E-state index contributed by atoms with van der Waals surface area (Å²) in [4.78, 5) is 26.4. The van der Waals surface area contributed by atoms with Crippen LogP contribution in [0.15, 0.2) is 33.0 Å². The molecule has 6 heteroatoms. The monoisotopic (exact) mass is 265 g/mol. The normalized spacial score (nSPS) is 11.8. The Balaban J connectivity index is 2.64. The van der Waals surface area contributed by atoms with Gasteiger partial charge in [0.1, 0.15) is 0 Å². The third-order valence-corrected chi connectivity index (χ3v) is 2.52. The predicted molar refractivity (Wildman–Crippen MR) is 66.6 cm³/mol. The lowest BCUT2D eigenvalue weighted by molar-refractivity contribution is -0.132. The molecule has 0 saturated carbocycles. The van der Waals surface area contributed by atoms with Gasteiger partial charge in [0.2, 0.25) is 5.89 Å². The molecular formula is C12H8ClNO4. The zero-order valence-corrected chi connectivity index (χ0v) is 10.1. The van der Waals surface area contributed by atoms with E-state index in [0.717, 1.165) is 0 Å². The van der Waals surface area contributed by atoms with Crippen molar-refractivity contribution in [2.75, 3.05) is 0 Å². The number of benzene rings is 1. The molecule has 1 aromatic carbocycles. The number of carboxylic acid groups (broad SMARTS) is 1. The maximum atomic E-state index is 11.7. The number of aromatic nitrogens is 1. The van der Waals surface area contributed by atoms with Crippen molar-refractivity contribution in [1.82, 2.24) is 4.98 Å². The van der Waals surface area contributed by atoms with E-state index in [1.165, 1.54) is 19.1 Å². The fourth-order valence-electron chi connectivity index (χ4n) is 1.37. The number of nitrogens with zero attached hydrogens (tertiary/aromatic N) is 1. The summed E-state index contributed by atoms with van der Waals surface area (Å²) in [6.07, 6.45) is 1.19. The van der Waals surface area contributed by atoms with Gasteiger partial charge in [-0.25, -0.2) is 14.6 Å². The van der Waals surface area contributed by atoms with Gasteiger partial charge in [-0.15, -0.1) is 0 Å². The third kappa shape index (κ3) is 2.41. The predicted octanol–water partition coefficient (Wildman–Crippen LogP) is 2.33. The first-order valence-electron chi connectivity index (χ1n) is 4.99. The van der Waals surface area contributed by atoms with Crippen molar-refractivity contribution < 1.29 is 14.3 Å². The van der Waals surface area contributed by atoms with Crippen LogP contribution in [-0.2, 0) is 4.79 Å². The molecule has 0 saturated heterocycles. The minimum Gasteiger partial charge on any atom is -0.478 e. The first-order valence-corrected chi connectivity index (χ1v) is 5.37. The van der Waals surface area contributed by atoms with Gasteiger partial charge < -0.3 is 9.52 Å². The summed E-state index contributed by atoms with van der Waals surface area (Å²) >= 11 is 5.76. The Morgan fingerprint density at radius 2 is 2.22 bits per heavy atom. The summed E-state index contributed by atoms with van der Waals surface area (Å²) < 4.78 is 4.90. The zero-order valence-electron chi connectivity index (χ0n) is 9.31. The molecule has 1 aromatic heterocycles. The summed E-state index contributed by atoms with van der Waals surface area (Å²) in [5.74, 6) is -1.15. The topological polar surface area (TPSA) is 80.4 Å². The van der Waals surface area contributed by atoms with Gasteiger partial charge in [0.15, 0.2) is 0 Å². The first-order chi connectivity index (χ1) is 8.47. The molecule has 2 rings (SSSR count). The van der Waals surface area contributed by atoms with Crippen LogP contribution in [0.4, 0.5) is 0 Å². The molecule has 0 spiro atoms. The van der Waals surface area contributed by atoms with Crippen molar-refractivity contribution in [2.24, 2.45) is 0 Å². The van der Waals surface area contributed by atoms with E-state index in [1.807, 2.05) is 0 Å². The van der Waals surface area contributed by atoms with Gasteiger partial charge in [-0.2, -0.15) is 0 Å². The van der Waals surface area contributed by atoms with E-state index >= 15 is 0 Å². The molecule has 0 amide bonds. The molecule has 2 aromatic rings. The number of aliphatic carboxylic acids is 1. The van der Waals surface area contributed by atoms with Gasteiger partial charge in [0.25, 0.3) is 0 Å². The molecule has 1 heterocycles. The Labute approximate surface area is 106 Å². The molecule has 18 heavy (non-hydrogen) atoms. The molecule has 92 valence electrons. The van der Waals surface area contributed by atoms with Crippen molar-refractivity contribution in [3.05, 3.63) is 45.1 Å². The van der Waals surface area contributed by atoms with Crippen molar-refractivity contribution in [3.63, 3.8) is 0 Å². The minimum absolute atomic E-state index is 0.0268. The van der Waals surface area contributed by atoms with E-state index in [-0.39, 0.29) is 16.9 Å². The summed E-state index contributed by atoms with van der Waals surface area (Å²) in [6.45, 7) is 1.38. The number of hydrogen-bond donors (Lipinski definition) is 1. The number of halogens is 1. The average Bonchev–Trinajstić information content (AvgIpc) is 2.30. The second-order valence-electron chi connectivity index (χ2n) is 3.63. The highest BCUT2D eigenvalue weighted by Crippen LogP contribution is 2.15. The van der Waals surface area contributed by atoms with Gasteiger partial charge >= 0.3 is 11.6 Å². The number of carbonyl (C=O) groups is 1. The van der Waals surface area contributed by atoms with Crippen LogP contribution >= 0.6 is 11.6 Å². The van der Waals surface area contributed by atoms with E-state index < -0.39 is 11.6 Å². The van der Waals surface area contributed by atoms with E-state index in [1.54, 1.807) is 12.1 Å². The van der Waals surface area contributed by atoms with Crippen LogP contribution < -0.4 is 5.63 Å². The van der Waals surface area contributed by atoms with E-state index in [9.17, 15) is 9.59 Å². The van der Waals surface area contributed by atoms with Crippen molar-refractivity contribution in [3.8, 4) is 0 Å². The minimum atomic E-state index is -1.10. The molecule has 0 atom stereocenters. The van der Waals surface area contributed by atoms with Gasteiger partial charge in [0.05, 0.1) is 10.9 Å². The second kappa shape index (κ2) is 4.62. The zero-order chi connectivity index (χ0) is 13.3. The van der Waals surface area contributed by atoms with Crippen LogP contribution in [0.5, 0.6) is 0 Å². The van der Waals surface area contributed by atoms with E-state index in [2.05, 4.69) is 4.98 Å². The van der Waals surface area contributed by atoms with E-state index in [4.69, 9.17) is 21.1 Å². The Hall–Kier alpha value is -2.14. The first kappa shape index (κ1) is 12.3. The molecule has 0 aliphatic rings. The lowest BCUT2D eigenvalue weighted by Gasteiger charge is -1.98. The van der Waals surface area contributed by atoms with Gasteiger partial charge in [-0.3, -0.25) is 0 Å². The lowest BCUT2D eigenvalue weighted by atomic mass is 10.2. The number of carboxylic acids is 1. The van der Waals surface area contributed by atoms with Crippen LogP contribution in [0.3, 0.4) is 0 Å². The lowest BCUT2D eigenvalue weighted by Crippen LogP contribution is -2.04. The molecule has 5 nitrogen and oxygen atoms in total. The van der Waals surface area contributed by atoms with Crippen molar-refractivity contribution in [1.29, 1.82) is 0 Å². The molecular weight excluding hydrogens is 258 g/mol. The van der Waals surface area contributed by atoms with Gasteiger partial charge in [-0.05, 0) is 25.1 Å². The standard InChI is InChI=1S/C12H8ClNO4/c1-6(11(15)16)4-10-14-9-3-2-7(13)5-8(9)12(17)18-10/h2-5H,1H3,(H,15,16)/b6-4-. The van der Waals surface area contributed by atoms with Crippen molar-refractivity contribution >= 4 is 34.5 Å². The highest BCUT2D eigenvalue weighted by atomic mass is 35.5. The fraction of sp³-hybridized carbons (Fsp3) is 0.0833. The number of rotatable bonds is 2. The molecule has 0 fully saturated rings. The Kier molecular flexibility index (Phi) is 3.16. The SMILES string of the molecule is C/C(=C/c1nc2ccc(Cl)cc2c(=O)o1)C(=O)O. The van der Waals surface area contributed by atoms with Crippen LogP contribution in [0, 0.1) is 0 Å². The molecule has 0 radical (unpaired) electrons. The molecule has 0 unspecified atom stereocenters. The van der Waals surface area contributed by atoms with Gasteiger partial charge in [-0.1, -0.05) is 11.6 Å².